The van der Waals surface area contributed by atoms with Gasteiger partial charge in [-0.15, -0.1) is 0 Å². The molecule has 1 aliphatic heterocycles. The predicted molar refractivity (Wildman–Crippen MR) is 131 cm³/mol. The summed E-state index contributed by atoms with van der Waals surface area (Å²) >= 11 is 14.5. The van der Waals surface area contributed by atoms with E-state index in [1.165, 1.54) is 22.7 Å². The first kappa shape index (κ1) is 23.7. The predicted octanol–water partition coefficient (Wildman–Crippen LogP) is 4.94. The Morgan fingerprint density at radius 2 is 1.94 bits per heavy atom. The Morgan fingerprint density at radius 1 is 1.15 bits per heavy atom. The average Bonchev–Trinajstić information content (AvgIpc) is 3.16. The second-order valence-corrected chi connectivity index (χ2v) is 9.82. The summed E-state index contributed by atoms with van der Waals surface area (Å²) in [7, 11) is 2.00. The quantitative estimate of drug-likeness (QED) is 0.480. The molecule has 33 heavy (non-hydrogen) atoms. The second-order valence-electron chi connectivity index (χ2n) is 7.95. The standard InChI is InChI=1S/C24H22Cl2N2O4S/c1-27-10-8-15-12-16(4-5-18(15)27)33-20-6-2-14(22(25)23(20)26)3-7-21(30)28-11-9-19(29)17(13-28)24(31)32/h2-8,10,12,17,19,29H,9,11,13H2,1H3,(H,31,32). The van der Waals surface area contributed by atoms with Gasteiger partial charge in [0.05, 0.1) is 16.1 Å². The minimum atomic E-state index is -1.11. The molecule has 172 valence electrons. The Morgan fingerprint density at radius 3 is 2.70 bits per heavy atom. The van der Waals surface area contributed by atoms with Crippen LogP contribution in [0.1, 0.15) is 12.0 Å². The van der Waals surface area contributed by atoms with Gasteiger partial charge in [-0.1, -0.05) is 41.0 Å². The molecule has 1 aromatic heterocycles. The molecule has 0 saturated carbocycles. The maximum absolute atomic E-state index is 12.5. The molecule has 0 bridgehead atoms. The number of hydrogen-bond acceptors (Lipinski definition) is 4. The normalized spacial score (nSPS) is 18.8. The maximum atomic E-state index is 12.5. The van der Waals surface area contributed by atoms with Gasteiger partial charge in [-0.2, -0.15) is 0 Å². The van der Waals surface area contributed by atoms with E-state index in [0.29, 0.717) is 22.2 Å². The zero-order chi connectivity index (χ0) is 23.7. The molecule has 0 spiro atoms. The largest absolute Gasteiger partial charge is 0.481 e. The first-order chi connectivity index (χ1) is 15.7. The lowest BCUT2D eigenvalue weighted by atomic mass is 9.95. The van der Waals surface area contributed by atoms with E-state index in [0.717, 1.165) is 20.7 Å². The van der Waals surface area contributed by atoms with E-state index in [1.807, 2.05) is 25.4 Å². The van der Waals surface area contributed by atoms with E-state index in [-0.39, 0.29) is 18.9 Å². The molecule has 2 atom stereocenters. The summed E-state index contributed by atoms with van der Waals surface area (Å²) in [6, 6.07) is 11.9. The molecule has 1 aliphatic rings. The van der Waals surface area contributed by atoms with Crippen molar-refractivity contribution in [1.29, 1.82) is 0 Å². The van der Waals surface area contributed by atoms with Crippen LogP contribution in [-0.4, -0.2) is 50.8 Å². The smallest absolute Gasteiger partial charge is 0.310 e. The monoisotopic (exact) mass is 504 g/mol. The van der Waals surface area contributed by atoms with Gasteiger partial charge < -0.3 is 19.7 Å². The third-order valence-corrected chi connectivity index (χ3v) is 7.83. The fourth-order valence-corrected chi connectivity index (χ4v) is 5.33. The molecule has 4 rings (SSSR count). The molecule has 9 heteroatoms. The Bertz CT molecular complexity index is 1260. The van der Waals surface area contributed by atoms with Crippen LogP contribution in [0, 0.1) is 5.92 Å². The summed E-state index contributed by atoms with van der Waals surface area (Å²) in [4.78, 5) is 27.1. The number of likely N-dealkylation sites (tertiary alicyclic amines) is 1. The Balaban J connectivity index is 1.48. The third-order valence-electron chi connectivity index (χ3n) is 5.77. The van der Waals surface area contributed by atoms with Crippen molar-refractivity contribution in [3.63, 3.8) is 0 Å². The highest BCUT2D eigenvalue weighted by molar-refractivity contribution is 7.99. The van der Waals surface area contributed by atoms with Crippen molar-refractivity contribution in [2.24, 2.45) is 13.0 Å². The van der Waals surface area contributed by atoms with E-state index >= 15 is 0 Å². The lowest BCUT2D eigenvalue weighted by Crippen LogP contribution is -2.48. The van der Waals surface area contributed by atoms with Crippen LogP contribution in [0.25, 0.3) is 17.0 Å². The zero-order valence-corrected chi connectivity index (χ0v) is 20.1. The van der Waals surface area contributed by atoms with Crippen molar-refractivity contribution in [3.8, 4) is 0 Å². The summed E-state index contributed by atoms with van der Waals surface area (Å²) in [5, 5.41) is 20.9. The number of carbonyl (C=O) groups is 2. The summed E-state index contributed by atoms with van der Waals surface area (Å²) in [6.45, 7) is 0.263. The first-order valence-electron chi connectivity index (χ1n) is 10.3. The van der Waals surface area contributed by atoms with E-state index in [2.05, 4.69) is 22.8 Å². The van der Waals surface area contributed by atoms with Crippen molar-refractivity contribution in [2.75, 3.05) is 13.1 Å². The van der Waals surface area contributed by atoms with Gasteiger partial charge in [-0.25, -0.2) is 0 Å². The van der Waals surface area contributed by atoms with Crippen molar-refractivity contribution in [1.82, 2.24) is 9.47 Å². The van der Waals surface area contributed by atoms with E-state index in [1.54, 1.807) is 12.1 Å². The van der Waals surface area contributed by atoms with Crippen LogP contribution in [-0.2, 0) is 16.6 Å². The van der Waals surface area contributed by atoms with Gasteiger partial charge in [0.2, 0.25) is 5.91 Å². The molecule has 0 radical (unpaired) electrons. The number of halogens is 2. The summed E-state index contributed by atoms with van der Waals surface area (Å²) in [6.07, 6.45) is 4.21. The molecular formula is C24H22Cl2N2O4S. The number of benzene rings is 2. The zero-order valence-electron chi connectivity index (χ0n) is 17.7. The number of aliphatic hydroxyl groups excluding tert-OH is 1. The average molecular weight is 505 g/mol. The molecular weight excluding hydrogens is 483 g/mol. The van der Waals surface area contributed by atoms with Gasteiger partial charge in [0.1, 0.15) is 5.92 Å². The van der Waals surface area contributed by atoms with Crippen LogP contribution in [0.3, 0.4) is 0 Å². The first-order valence-corrected chi connectivity index (χ1v) is 11.9. The van der Waals surface area contributed by atoms with Gasteiger partial charge in [0.15, 0.2) is 0 Å². The second kappa shape index (κ2) is 9.81. The number of aryl methyl sites for hydroxylation is 1. The molecule has 3 aromatic rings. The topological polar surface area (TPSA) is 82.8 Å². The van der Waals surface area contributed by atoms with Crippen molar-refractivity contribution in [2.45, 2.75) is 22.3 Å². The number of aromatic nitrogens is 1. The SMILES string of the molecule is Cn1ccc2cc(Sc3ccc(C=CC(=O)N4CCC(O)C(C(=O)O)C4)c(Cl)c3Cl)ccc21. The van der Waals surface area contributed by atoms with Gasteiger partial charge in [-0.3, -0.25) is 9.59 Å². The van der Waals surface area contributed by atoms with Crippen LogP contribution in [0.5, 0.6) is 0 Å². The van der Waals surface area contributed by atoms with Crippen molar-refractivity contribution < 1.29 is 19.8 Å². The van der Waals surface area contributed by atoms with Crippen LogP contribution in [0.15, 0.2) is 58.5 Å². The van der Waals surface area contributed by atoms with Crippen LogP contribution in [0.4, 0.5) is 0 Å². The molecule has 2 unspecified atom stereocenters. The highest BCUT2D eigenvalue weighted by Crippen LogP contribution is 2.40. The number of piperidine rings is 1. The van der Waals surface area contributed by atoms with E-state index in [9.17, 15) is 19.8 Å². The van der Waals surface area contributed by atoms with Crippen LogP contribution >= 0.6 is 35.0 Å². The lowest BCUT2D eigenvalue weighted by molar-refractivity contribution is -0.150. The number of carboxylic acids is 1. The number of carboxylic acid groups (broad SMARTS) is 1. The van der Waals surface area contributed by atoms with Crippen molar-refractivity contribution >= 4 is 63.8 Å². The molecule has 2 heterocycles. The fraction of sp³-hybridized carbons (Fsp3) is 0.250. The minimum Gasteiger partial charge on any atom is -0.481 e. The fourth-order valence-electron chi connectivity index (χ4n) is 3.85. The van der Waals surface area contributed by atoms with Crippen molar-refractivity contribution in [3.05, 3.63) is 64.3 Å². The van der Waals surface area contributed by atoms with Gasteiger partial charge >= 0.3 is 5.97 Å². The number of aliphatic carboxylic acids is 1. The summed E-state index contributed by atoms with van der Waals surface area (Å²) in [5.74, 6) is -2.44. The molecule has 1 amide bonds. The highest BCUT2D eigenvalue weighted by atomic mass is 35.5. The Labute approximate surface area is 205 Å². The Kier molecular flexibility index (Phi) is 7.05. The minimum absolute atomic E-state index is 0.0322. The van der Waals surface area contributed by atoms with Crippen LogP contribution in [0.2, 0.25) is 10.0 Å². The number of amides is 1. The van der Waals surface area contributed by atoms with Gasteiger partial charge in [0, 0.05) is 53.1 Å². The molecule has 1 fully saturated rings. The Hall–Kier alpha value is -2.45. The van der Waals surface area contributed by atoms with Gasteiger partial charge in [0.25, 0.3) is 0 Å². The number of hydrogen-bond donors (Lipinski definition) is 2. The summed E-state index contributed by atoms with van der Waals surface area (Å²) < 4.78 is 2.06. The molecule has 1 saturated heterocycles. The highest BCUT2D eigenvalue weighted by Gasteiger charge is 2.34. The number of aliphatic hydroxyl groups is 1. The molecule has 2 N–H and O–H groups in total. The summed E-state index contributed by atoms with van der Waals surface area (Å²) in [5.41, 5.74) is 1.73. The van der Waals surface area contributed by atoms with E-state index in [4.69, 9.17) is 23.2 Å². The molecule has 2 aromatic carbocycles. The third kappa shape index (κ3) is 5.06. The van der Waals surface area contributed by atoms with E-state index < -0.39 is 18.0 Å². The lowest BCUT2D eigenvalue weighted by Gasteiger charge is -2.33. The molecule has 0 aliphatic carbocycles. The number of fused-ring (bicyclic) bond motifs is 1. The number of carbonyl (C=O) groups excluding carboxylic acids is 1. The van der Waals surface area contributed by atoms with Gasteiger partial charge in [-0.05, 0) is 48.4 Å². The molecule has 6 nitrogen and oxygen atoms in total. The number of rotatable bonds is 5. The number of nitrogens with zero attached hydrogens (tertiary/aromatic N) is 2. The maximum Gasteiger partial charge on any atom is 0.310 e. The van der Waals surface area contributed by atoms with Crippen LogP contribution < -0.4 is 0 Å².